The van der Waals surface area contributed by atoms with Crippen molar-refractivity contribution in [3.05, 3.63) is 23.3 Å². The zero-order valence-electron chi connectivity index (χ0n) is 7.68. The molecule has 0 saturated heterocycles. The number of fused-ring (bicyclic) bond motifs is 1. The third-order valence-electron chi connectivity index (χ3n) is 3.23. The summed E-state index contributed by atoms with van der Waals surface area (Å²) in [5, 5.41) is 0. The lowest BCUT2D eigenvalue weighted by Crippen LogP contribution is -2.27. The molecule has 1 nitrogen and oxygen atoms in total. The van der Waals surface area contributed by atoms with E-state index in [9.17, 15) is 4.79 Å². The van der Waals surface area contributed by atoms with Gasteiger partial charge in [0.2, 0.25) is 0 Å². The Morgan fingerprint density at radius 3 is 2.83 bits per heavy atom. The summed E-state index contributed by atoms with van der Waals surface area (Å²) in [6, 6.07) is 0. The zero-order valence-corrected chi connectivity index (χ0v) is 7.68. The SMILES string of the molecule is CC1=C2C=CC(=O)C2(C)CCC1. The van der Waals surface area contributed by atoms with Crippen molar-refractivity contribution >= 4 is 5.78 Å². The van der Waals surface area contributed by atoms with Crippen LogP contribution in [0.2, 0.25) is 0 Å². The van der Waals surface area contributed by atoms with Crippen molar-refractivity contribution in [2.24, 2.45) is 5.41 Å². The maximum absolute atomic E-state index is 11.6. The van der Waals surface area contributed by atoms with Gasteiger partial charge in [0.05, 0.1) is 5.41 Å². The average molecular weight is 162 g/mol. The minimum atomic E-state index is -0.150. The number of carbonyl (C=O) groups excluding carboxylic acids is 1. The molecule has 0 aromatic heterocycles. The molecule has 2 rings (SSSR count). The van der Waals surface area contributed by atoms with Crippen LogP contribution in [0.15, 0.2) is 23.3 Å². The normalized spacial score (nSPS) is 34.3. The summed E-state index contributed by atoms with van der Waals surface area (Å²) in [6.45, 7) is 4.23. The van der Waals surface area contributed by atoms with Crippen LogP contribution in [0.4, 0.5) is 0 Å². The highest BCUT2D eigenvalue weighted by Crippen LogP contribution is 2.45. The van der Waals surface area contributed by atoms with Gasteiger partial charge in [-0.2, -0.15) is 0 Å². The van der Waals surface area contributed by atoms with Crippen molar-refractivity contribution in [1.29, 1.82) is 0 Å². The molecule has 0 amide bonds. The number of rotatable bonds is 0. The van der Waals surface area contributed by atoms with Crippen LogP contribution in [0.5, 0.6) is 0 Å². The largest absolute Gasteiger partial charge is 0.294 e. The Morgan fingerprint density at radius 2 is 2.17 bits per heavy atom. The number of hydrogen-bond donors (Lipinski definition) is 0. The van der Waals surface area contributed by atoms with Gasteiger partial charge < -0.3 is 0 Å². The van der Waals surface area contributed by atoms with Crippen LogP contribution < -0.4 is 0 Å². The van der Waals surface area contributed by atoms with Gasteiger partial charge in [0.15, 0.2) is 5.78 Å². The summed E-state index contributed by atoms with van der Waals surface area (Å²) >= 11 is 0. The number of carbonyl (C=O) groups is 1. The first-order valence-corrected chi connectivity index (χ1v) is 4.57. The highest BCUT2D eigenvalue weighted by molar-refractivity contribution is 6.01. The maximum Gasteiger partial charge on any atom is 0.165 e. The van der Waals surface area contributed by atoms with Crippen LogP contribution in [0.1, 0.15) is 33.1 Å². The molecule has 0 spiro atoms. The fraction of sp³-hybridized carbons (Fsp3) is 0.545. The molecule has 1 unspecified atom stereocenters. The summed E-state index contributed by atoms with van der Waals surface area (Å²) in [5.74, 6) is 0.302. The van der Waals surface area contributed by atoms with Gasteiger partial charge in [0.25, 0.3) is 0 Å². The van der Waals surface area contributed by atoms with Crippen molar-refractivity contribution in [3.63, 3.8) is 0 Å². The quantitative estimate of drug-likeness (QED) is 0.535. The molecule has 1 heteroatoms. The van der Waals surface area contributed by atoms with E-state index in [1.807, 2.05) is 6.08 Å². The van der Waals surface area contributed by atoms with E-state index in [2.05, 4.69) is 13.8 Å². The molecule has 0 saturated carbocycles. The highest BCUT2D eigenvalue weighted by Gasteiger charge is 2.40. The molecule has 0 bridgehead atoms. The van der Waals surface area contributed by atoms with Crippen molar-refractivity contribution < 1.29 is 4.79 Å². The number of allylic oxidation sites excluding steroid dienone is 4. The molecule has 0 aliphatic heterocycles. The molecule has 0 N–H and O–H groups in total. The molecular weight excluding hydrogens is 148 g/mol. The van der Waals surface area contributed by atoms with Gasteiger partial charge in [-0.05, 0) is 44.8 Å². The molecule has 2 aliphatic rings. The third kappa shape index (κ3) is 0.825. The lowest BCUT2D eigenvalue weighted by Gasteiger charge is -2.30. The summed E-state index contributed by atoms with van der Waals surface area (Å²) in [5.41, 5.74) is 2.55. The first-order valence-electron chi connectivity index (χ1n) is 4.57. The number of ketones is 1. The molecular formula is C11H14O. The smallest absolute Gasteiger partial charge is 0.165 e. The van der Waals surface area contributed by atoms with Crippen LogP contribution in [0.3, 0.4) is 0 Å². The van der Waals surface area contributed by atoms with Gasteiger partial charge in [0.1, 0.15) is 0 Å². The summed E-state index contributed by atoms with van der Waals surface area (Å²) < 4.78 is 0. The molecule has 12 heavy (non-hydrogen) atoms. The van der Waals surface area contributed by atoms with Gasteiger partial charge in [-0.25, -0.2) is 0 Å². The summed E-state index contributed by atoms with van der Waals surface area (Å²) in [7, 11) is 0. The van der Waals surface area contributed by atoms with Crippen LogP contribution in [-0.2, 0) is 4.79 Å². The molecule has 2 aliphatic carbocycles. The van der Waals surface area contributed by atoms with E-state index in [4.69, 9.17) is 0 Å². The Bertz CT molecular complexity index is 296. The predicted molar refractivity (Wildman–Crippen MR) is 48.8 cm³/mol. The molecule has 0 aromatic rings. The maximum atomic E-state index is 11.6. The van der Waals surface area contributed by atoms with Crippen molar-refractivity contribution in [3.8, 4) is 0 Å². The van der Waals surface area contributed by atoms with Crippen LogP contribution in [0.25, 0.3) is 0 Å². The van der Waals surface area contributed by atoms with E-state index < -0.39 is 0 Å². The molecule has 1 atom stereocenters. The molecule has 0 aromatic carbocycles. The molecule has 0 radical (unpaired) electrons. The minimum Gasteiger partial charge on any atom is -0.294 e. The second-order valence-electron chi connectivity index (χ2n) is 4.08. The van der Waals surface area contributed by atoms with Crippen LogP contribution in [0, 0.1) is 5.41 Å². The van der Waals surface area contributed by atoms with Gasteiger partial charge in [-0.3, -0.25) is 4.79 Å². The third-order valence-corrected chi connectivity index (χ3v) is 3.23. The Balaban J connectivity index is 2.52. The molecule has 64 valence electrons. The van der Waals surface area contributed by atoms with E-state index in [0.29, 0.717) is 5.78 Å². The predicted octanol–water partition coefficient (Wildman–Crippen LogP) is 2.63. The second-order valence-corrected chi connectivity index (χ2v) is 4.08. The van der Waals surface area contributed by atoms with Crippen LogP contribution in [-0.4, -0.2) is 5.78 Å². The van der Waals surface area contributed by atoms with E-state index in [-0.39, 0.29) is 5.41 Å². The monoisotopic (exact) mass is 162 g/mol. The molecule has 0 heterocycles. The Kier molecular flexibility index (Phi) is 1.50. The first kappa shape index (κ1) is 7.78. The lowest BCUT2D eigenvalue weighted by atomic mass is 9.72. The average Bonchev–Trinajstić information content (AvgIpc) is 2.30. The van der Waals surface area contributed by atoms with Gasteiger partial charge in [0, 0.05) is 0 Å². The fourth-order valence-electron chi connectivity index (χ4n) is 2.37. The fourth-order valence-corrected chi connectivity index (χ4v) is 2.37. The standard InChI is InChI=1S/C11H14O/c1-8-4-3-7-11(2)9(8)5-6-10(11)12/h5-6H,3-4,7H2,1-2H3. The van der Waals surface area contributed by atoms with Crippen molar-refractivity contribution in [1.82, 2.24) is 0 Å². The lowest BCUT2D eigenvalue weighted by molar-refractivity contribution is -0.121. The Labute approximate surface area is 73.2 Å². The summed E-state index contributed by atoms with van der Waals surface area (Å²) in [4.78, 5) is 11.6. The minimum absolute atomic E-state index is 0.150. The van der Waals surface area contributed by atoms with Gasteiger partial charge in [-0.15, -0.1) is 0 Å². The second kappa shape index (κ2) is 2.32. The van der Waals surface area contributed by atoms with E-state index in [0.717, 1.165) is 6.42 Å². The first-order chi connectivity index (χ1) is 5.64. The van der Waals surface area contributed by atoms with Crippen molar-refractivity contribution in [2.45, 2.75) is 33.1 Å². The zero-order chi connectivity index (χ0) is 8.77. The topological polar surface area (TPSA) is 17.1 Å². The van der Waals surface area contributed by atoms with Gasteiger partial charge in [-0.1, -0.05) is 11.6 Å². The van der Waals surface area contributed by atoms with E-state index >= 15 is 0 Å². The summed E-state index contributed by atoms with van der Waals surface area (Å²) in [6.07, 6.45) is 7.12. The highest BCUT2D eigenvalue weighted by atomic mass is 16.1. The molecule has 0 fully saturated rings. The van der Waals surface area contributed by atoms with Crippen molar-refractivity contribution in [2.75, 3.05) is 0 Å². The van der Waals surface area contributed by atoms with Gasteiger partial charge >= 0.3 is 0 Å². The van der Waals surface area contributed by atoms with Crippen LogP contribution >= 0.6 is 0 Å². The number of hydrogen-bond acceptors (Lipinski definition) is 1. The van der Waals surface area contributed by atoms with E-state index in [1.165, 1.54) is 24.0 Å². The Hall–Kier alpha value is -0.850. The van der Waals surface area contributed by atoms with E-state index in [1.54, 1.807) is 6.08 Å². The Morgan fingerprint density at radius 1 is 1.42 bits per heavy atom.